The van der Waals surface area contributed by atoms with E-state index in [0.29, 0.717) is 11.3 Å². The highest BCUT2D eigenvalue weighted by Crippen LogP contribution is 2.22. The predicted molar refractivity (Wildman–Crippen MR) is 80.5 cm³/mol. The average molecular weight is 275 g/mol. The number of carbonyl (C=O) groups is 1. The Labute approximate surface area is 116 Å². The summed E-state index contributed by atoms with van der Waals surface area (Å²) in [5, 5.41) is 4.00. The Bertz CT molecular complexity index is 602. The molecule has 1 amide bonds. The van der Waals surface area contributed by atoms with Crippen molar-refractivity contribution in [1.29, 1.82) is 0 Å². The minimum absolute atomic E-state index is 0.00986. The van der Waals surface area contributed by atoms with Crippen LogP contribution < -0.4 is 11.1 Å². The fraction of sp³-hybridized carbons (Fsp3) is 0.357. The number of nitrogens with one attached hydrogen (secondary N) is 2. The van der Waals surface area contributed by atoms with E-state index < -0.39 is 0 Å². The molecule has 0 spiro atoms. The highest BCUT2D eigenvalue weighted by atomic mass is 32.2. The molecular weight excluding hydrogens is 258 g/mol. The van der Waals surface area contributed by atoms with E-state index in [1.54, 1.807) is 6.20 Å². The highest BCUT2D eigenvalue weighted by molar-refractivity contribution is 7.99. The molecule has 1 aliphatic heterocycles. The molecular formula is C14H17N3OS. The third-order valence-electron chi connectivity index (χ3n) is 3.45. The van der Waals surface area contributed by atoms with Crippen molar-refractivity contribution in [2.24, 2.45) is 0 Å². The highest BCUT2D eigenvalue weighted by Gasteiger charge is 2.19. The molecule has 1 fully saturated rings. The summed E-state index contributed by atoms with van der Waals surface area (Å²) in [7, 11) is 0. The van der Waals surface area contributed by atoms with Crippen LogP contribution in [0.5, 0.6) is 0 Å². The molecule has 3 rings (SSSR count). The lowest BCUT2D eigenvalue weighted by Crippen LogP contribution is -2.38. The zero-order valence-corrected chi connectivity index (χ0v) is 11.4. The number of fused-ring (bicyclic) bond motifs is 1. The van der Waals surface area contributed by atoms with Gasteiger partial charge in [-0.15, -0.1) is 0 Å². The molecule has 2 aromatic rings. The largest absolute Gasteiger partial charge is 0.399 e. The lowest BCUT2D eigenvalue weighted by molar-refractivity contribution is 0.0940. The van der Waals surface area contributed by atoms with Gasteiger partial charge in [-0.2, -0.15) is 11.8 Å². The van der Waals surface area contributed by atoms with Crippen molar-refractivity contribution in [3.63, 3.8) is 0 Å². The summed E-state index contributed by atoms with van der Waals surface area (Å²) in [6, 6.07) is 5.87. The lowest BCUT2D eigenvalue weighted by Gasteiger charge is -2.22. The Kier molecular flexibility index (Phi) is 3.38. The summed E-state index contributed by atoms with van der Waals surface area (Å²) in [5.41, 5.74) is 8.08. The number of hydrogen-bond donors (Lipinski definition) is 3. The van der Waals surface area contributed by atoms with E-state index in [-0.39, 0.29) is 11.9 Å². The van der Waals surface area contributed by atoms with E-state index in [1.165, 1.54) is 12.2 Å². The molecule has 5 heteroatoms. The molecule has 1 saturated heterocycles. The van der Waals surface area contributed by atoms with E-state index >= 15 is 0 Å². The monoisotopic (exact) mass is 275 g/mol. The van der Waals surface area contributed by atoms with Gasteiger partial charge in [0.25, 0.3) is 5.91 Å². The number of H-pyrrole nitrogens is 1. The molecule has 0 saturated carbocycles. The van der Waals surface area contributed by atoms with Gasteiger partial charge < -0.3 is 16.0 Å². The number of aromatic nitrogens is 1. The number of carbonyl (C=O) groups excluding carboxylic acids is 1. The fourth-order valence-corrected chi connectivity index (χ4v) is 3.52. The number of nitrogen functional groups attached to an aromatic ring is 1. The van der Waals surface area contributed by atoms with Crippen LogP contribution in [0.1, 0.15) is 23.2 Å². The van der Waals surface area contributed by atoms with Gasteiger partial charge in [0.15, 0.2) is 0 Å². The third kappa shape index (κ3) is 2.56. The zero-order chi connectivity index (χ0) is 13.2. The van der Waals surface area contributed by atoms with Gasteiger partial charge in [0.2, 0.25) is 0 Å². The molecule has 4 N–H and O–H groups in total. The van der Waals surface area contributed by atoms with Crippen molar-refractivity contribution in [3.05, 3.63) is 30.0 Å². The van der Waals surface area contributed by atoms with Crippen molar-refractivity contribution >= 4 is 34.3 Å². The Morgan fingerprint density at radius 2 is 2.37 bits per heavy atom. The first-order chi connectivity index (χ1) is 9.24. The van der Waals surface area contributed by atoms with Crippen molar-refractivity contribution < 1.29 is 4.79 Å². The van der Waals surface area contributed by atoms with Crippen LogP contribution in [0.15, 0.2) is 24.4 Å². The van der Waals surface area contributed by atoms with Gasteiger partial charge in [-0.1, -0.05) is 0 Å². The molecule has 1 aromatic heterocycles. The van der Waals surface area contributed by atoms with Crippen LogP contribution in [0.25, 0.3) is 10.9 Å². The van der Waals surface area contributed by atoms with Crippen molar-refractivity contribution in [3.8, 4) is 0 Å². The maximum Gasteiger partial charge on any atom is 0.253 e. The van der Waals surface area contributed by atoms with E-state index in [9.17, 15) is 4.79 Å². The van der Waals surface area contributed by atoms with Crippen LogP contribution >= 0.6 is 11.8 Å². The van der Waals surface area contributed by atoms with Crippen molar-refractivity contribution in [1.82, 2.24) is 10.3 Å². The number of benzene rings is 1. The van der Waals surface area contributed by atoms with Gasteiger partial charge in [-0.25, -0.2) is 0 Å². The minimum Gasteiger partial charge on any atom is -0.399 e. The second-order valence-corrected chi connectivity index (χ2v) is 6.04. The number of hydrogen-bond acceptors (Lipinski definition) is 3. The smallest absolute Gasteiger partial charge is 0.253 e. The zero-order valence-electron chi connectivity index (χ0n) is 10.6. The number of nitrogens with two attached hydrogens (primary N) is 1. The summed E-state index contributed by atoms with van der Waals surface area (Å²) in [5.74, 6) is 2.20. The molecule has 0 aliphatic carbocycles. The van der Waals surface area contributed by atoms with Crippen LogP contribution in [-0.2, 0) is 0 Å². The summed E-state index contributed by atoms with van der Waals surface area (Å²) >= 11 is 1.91. The topological polar surface area (TPSA) is 70.9 Å². The molecule has 1 aliphatic rings. The van der Waals surface area contributed by atoms with Gasteiger partial charge in [0, 0.05) is 34.6 Å². The van der Waals surface area contributed by atoms with Crippen LogP contribution in [0, 0.1) is 0 Å². The first kappa shape index (κ1) is 12.4. The molecule has 100 valence electrons. The Hall–Kier alpha value is -1.62. The number of rotatable bonds is 2. The van der Waals surface area contributed by atoms with Gasteiger partial charge in [-0.05, 0) is 36.8 Å². The second-order valence-electron chi connectivity index (χ2n) is 4.89. The van der Waals surface area contributed by atoms with Crippen LogP contribution in [0.2, 0.25) is 0 Å². The Morgan fingerprint density at radius 3 is 3.16 bits per heavy atom. The van der Waals surface area contributed by atoms with Crippen molar-refractivity contribution in [2.45, 2.75) is 18.9 Å². The minimum atomic E-state index is -0.00986. The molecule has 2 heterocycles. The number of aromatic amines is 1. The SMILES string of the molecule is Nc1ccc2[nH]cc(C(=O)NC3CCCSC3)c2c1. The first-order valence-corrected chi connectivity index (χ1v) is 7.65. The van der Waals surface area contributed by atoms with E-state index in [4.69, 9.17) is 5.73 Å². The summed E-state index contributed by atoms with van der Waals surface area (Å²) in [4.78, 5) is 15.4. The van der Waals surface area contributed by atoms with Gasteiger partial charge in [-0.3, -0.25) is 4.79 Å². The average Bonchev–Trinajstić information content (AvgIpc) is 2.82. The third-order valence-corrected chi connectivity index (χ3v) is 4.66. The number of thioether (sulfide) groups is 1. The lowest BCUT2D eigenvalue weighted by atomic mass is 10.1. The van der Waals surface area contributed by atoms with Crippen LogP contribution in [0.3, 0.4) is 0 Å². The molecule has 0 radical (unpaired) electrons. The molecule has 1 unspecified atom stereocenters. The predicted octanol–water partition coefficient (Wildman–Crippen LogP) is 2.38. The summed E-state index contributed by atoms with van der Waals surface area (Å²) in [6.07, 6.45) is 4.01. The maximum atomic E-state index is 12.3. The molecule has 0 bridgehead atoms. The van der Waals surface area contributed by atoms with Gasteiger partial charge >= 0.3 is 0 Å². The van der Waals surface area contributed by atoms with Gasteiger partial charge in [0.1, 0.15) is 0 Å². The summed E-state index contributed by atoms with van der Waals surface area (Å²) in [6.45, 7) is 0. The molecule has 1 atom stereocenters. The van der Waals surface area contributed by atoms with Crippen LogP contribution in [0.4, 0.5) is 5.69 Å². The van der Waals surface area contributed by atoms with E-state index in [0.717, 1.165) is 23.1 Å². The Morgan fingerprint density at radius 1 is 1.47 bits per heavy atom. The standard InChI is InChI=1S/C14H17N3OS/c15-9-3-4-13-11(6-9)12(7-16-13)14(18)17-10-2-1-5-19-8-10/h3-4,6-7,10,16H,1-2,5,8,15H2,(H,17,18). The fourth-order valence-electron chi connectivity index (χ4n) is 2.44. The van der Waals surface area contributed by atoms with Gasteiger partial charge in [0.05, 0.1) is 5.56 Å². The quantitative estimate of drug-likeness (QED) is 0.737. The Balaban J connectivity index is 1.82. The summed E-state index contributed by atoms with van der Waals surface area (Å²) < 4.78 is 0. The second kappa shape index (κ2) is 5.17. The maximum absolute atomic E-state index is 12.3. The van der Waals surface area contributed by atoms with Crippen LogP contribution in [-0.4, -0.2) is 28.4 Å². The molecule has 19 heavy (non-hydrogen) atoms. The van der Waals surface area contributed by atoms with E-state index in [1.807, 2.05) is 30.0 Å². The first-order valence-electron chi connectivity index (χ1n) is 6.49. The number of amides is 1. The normalized spacial score (nSPS) is 19.5. The number of anilines is 1. The molecule has 4 nitrogen and oxygen atoms in total. The van der Waals surface area contributed by atoms with Crippen molar-refractivity contribution in [2.75, 3.05) is 17.2 Å². The molecule has 1 aromatic carbocycles. The van der Waals surface area contributed by atoms with E-state index in [2.05, 4.69) is 10.3 Å².